The van der Waals surface area contributed by atoms with Crippen LogP contribution in [-0.4, -0.2) is 49.4 Å². The molecule has 0 radical (unpaired) electrons. The molecule has 1 fully saturated rings. The number of aromatic hydroxyl groups is 1. The van der Waals surface area contributed by atoms with E-state index in [2.05, 4.69) is 26.5 Å². The summed E-state index contributed by atoms with van der Waals surface area (Å²) in [5, 5.41) is 13.4. The number of H-pyrrole nitrogens is 2. The molecule has 0 spiro atoms. The van der Waals surface area contributed by atoms with Crippen molar-refractivity contribution in [1.29, 1.82) is 0 Å². The molecule has 168 valence electrons. The van der Waals surface area contributed by atoms with Gasteiger partial charge >= 0.3 is 0 Å². The Kier molecular flexibility index (Phi) is 6.41. The first-order valence-electron chi connectivity index (χ1n) is 11.0. The maximum atomic E-state index is 13.2. The first-order chi connectivity index (χ1) is 15.5. The third kappa shape index (κ3) is 4.31. The van der Waals surface area contributed by atoms with Crippen molar-refractivity contribution in [3.05, 3.63) is 80.7 Å². The topological polar surface area (TPSA) is 107 Å². The highest BCUT2D eigenvalue weighted by atomic mass is 16.3. The molecule has 0 saturated carbocycles. The summed E-state index contributed by atoms with van der Waals surface area (Å²) in [7, 11) is 0. The minimum absolute atomic E-state index is 0.00184. The van der Waals surface area contributed by atoms with Crippen LogP contribution in [0.5, 0.6) is 5.75 Å². The van der Waals surface area contributed by atoms with E-state index in [0.29, 0.717) is 35.3 Å². The first kappa shape index (κ1) is 21.8. The summed E-state index contributed by atoms with van der Waals surface area (Å²) in [6.07, 6.45) is 8.16. The number of aromatic amines is 2. The predicted octanol–water partition coefficient (Wildman–Crippen LogP) is 2.65. The van der Waals surface area contributed by atoms with Gasteiger partial charge in [0.2, 0.25) is 0 Å². The Labute approximate surface area is 185 Å². The molecular formula is C24H29N5O3. The molecule has 1 atom stereocenters. The van der Waals surface area contributed by atoms with Gasteiger partial charge in [-0.05, 0) is 44.5 Å². The average Bonchev–Trinajstić information content (AvgIpc) is 3.40. The largest absolute Gasteiger partial charge is 0.506 e. The molecule has 8 heteroatoms. The van der Waals surface area contributed by atoms with Gasteiger partial charge in [-0.15, -0.1) is 0 Å². The van der Waals surface area contributed by atoms with Gasteiger partial charge in [-0.2, -0.15) is 0 Å². The van der Waals surface area contributed by atoms with Crippen LogP contribution in [0.2, 0.25) is 0 Å². The van der Waals surface area contributed by atoms with Crippen molar-refractivity contribution in [2.75, 3.05) is 19.6 Å². The van der Waals surface area contributed by atoms with Crippen molar-refractivity contribution in [3.63, 3.8) is 0 Å². The quantitative estimate of drug-likeness (QED) is 0.472. The highest BCUT2D eigenvalue weighted by Crippen LogP contribution is 2.25. The maximum absolute atomic E-state index is 13.2. The summed E-state index contributed by atoms with van der Waals surface area (Å²) in [5.41, 5.74) is 1.90. The van der Waals surface area contributed by atoms with E-state index in [4.69, 9.17) is 0 Å². The van der Waals surface area contributed by atoms with Gasteiger partial charge in [0.25, 0.3) is 11.1 Å². The fourth-order valence-corrected chi connectivity index (χ4v) is 4.32. The van der Waals surface area contributed by atoms with Crippen LogP contribution in [0, 0.1) is 0 Å². The average molecular weight is 436 g/mol. The molecule has 2 aromatic heterocycles. The Morgan fingerprint density at radius 1 is 1.25 bits per heavy atom. The van der Waals surface area contributed by atoms with E-state index in [1.54, 1.807) is 29.0 Å². The van der Waals surface area contributed by atoms with Gasteiger partial charge in [-0.3, -0.25) is 19.4 Å². The maximum Gasteiger partial charge on any atom is 0.270 e. The lowest BCUT2D eigenvalue weighted by Gasteiger charge is -2.14. The summed E-state index contributed by atoms with van der Waals surface area (Å²) >= 11 is 0. The number of aromatic nitrogens is 4. The lowest BCUT2D eigenvalue weighted by Crippen LogP contribution is -2.28. The lowest BCUT2D eigenvalue weighted by atomic mass is 9.98. The monoisotopic (exact) mass is 435 g/mol. The molecule has 0 aliphatic carbocycles. The fraction of sp³-hybridized carbons (Fsp3) is 0.375. The number of nitrogens with zero attached hydrogens (tertiary/aromatic N) is 3. The summed E-state index contributed by atoms with van der Waals surface area (Å²) in [6.45, 7) is 9.02. The van der Waals surface area contributed by atoms with Gasteiger partial charge < -0.3 is 15.0 Å². The molecule has 32 heavy (non-hydrogen) atoms. The Hall–Kier alpha value is -3.39. The molecule has 3 aromatic rings. The predicted molar refractivity (Wildman–Crippen MR) is 125 cm³/mol. The lowest BCUT2D eigenvalue weighted by molar-refractivity contribution is 0.313. The van der Waals surface area contributed by atoms with Crippen molar-refractivity contribution < 1.29 is 5.11 Å². The summed E-state index contributed by atoms with van der Waals surface area (Å²) in [5.74, 6) is -0.464. The van der Waals surface area contributed by atoms with E-state index in [0.717, 1.165) is 19.6 Å². The zero-order chi connectivity index (χ0) is 22.7. The zero-order valence-electron chi connectivity index (χ0n) is 18.3. The molecule has 4 rings (SSSR count). The van der Waals surface area contributed by atoms with Crippen LogP contribution in [0.1, 0.15) is 42.6 Å². The molecule has 1 aliphatic rings. The second kappa shape index (κ2) is 9.40. The third-order valence-corrected chi connectivity index (χ3v) is 6.09. The molecule has 3 N–H and O–H groups in total. The van der Waals surface area contributed by atoms with E-state index in [1.165, 1.54) is 18.9 Å². The number of hydrogen-bond acceptors (Lipinski definition) is 5. The highest BCUT2D eigenvalue weighted by Gasteiger charge is 2.24. The Morgan fingerprint density at radius 3 is 2.78 bits per heavy atom. The number of benzene rings is 1. The fourth-order valence-electron chi connectivity index (χ4n) is 4.32. The van der Waals surface area contributed by atoms with Crippen molar-refractivity contribution in [2.24, 2.45) is 0 Å². The molecule has 1 aromatic carbocycles. The van der Waals surface area contributed by atoms with Crippen LogP contribution in [0.15, 0.2) is 52.6 Å². The minimum Gasteiger partial charge on any atom is -0.506 e. The zero-order valence-corrected chi connectivity index (χ0v) is 18.3. The molecule has 1 unspecified atom stereocenters. The Bertz CT molecular complexity index is 1260. The van der Waals surface area contributed by atoms with Gasteiger partial charge in [0.05, 0.1) is 12.1 Å². The second-order valence-corrected chi connectivity index (χ2v) is 8.22. The van der Waals surface area contributed by atoms with Gasteiger partial charge in [0.1, 0.15) is 17.0 Å². The van der Waals surface area contributed by atoms with Gasteiger partial charge in [0, 0.05) is 23.7 Å². The molecule has 1 saturated heterocycles. The van der Waals surface area contributed by atoms with E-state index in [9.17, 15) is 14.7 Å². The molecule has 1 aliphatic heterocycles. The number of phenols is 1. The van der Waals surface area contributed by atoms with E-state index < -0.39 is 5.92 Å². The number of phenolic OH excluding ortho intramolecular Hbond substituents is 1. The standard InChI is InChI=1S/C24H29N5O3/c1-3-4-5-9-17-20(27-29(24(17)32)15-14-28-12-6-7-13-28)16(2)21-23(31)25-18-10-8-11-19(30)22(18)26-21/h3-5,8,10-11,16,27,30H,1,6-7,9,12-15H2,2H3,(H,25,31)/b5-4-. The number of allylic oxidation sites excluding steroid dienone is 3. The van der Waals surface area contributed by atoms with Crippen molar-refractivity contribution in [3.8, 4) is 5.75 Å². The van der Waals surface area contributed by atoms with Crippen LogP contribution in [0.4, 0.5) is 0 Å². The number of para-hydroxylation sites is 1. The van der Waals surface area contributed by atoms with Gasteiger partial charge in [-0.1, -0.05) is 37.8 Å². The Balaban J connectivity index is 1.73. The van der Waals surface area contributed by atoms with Crippen molar-refractivity contribution >= 4 is 11.0 Å². The molecule has 0 bridgehead atoms. The van der Waals surface area contributed by atoms with Crippen molar-refractivity contribution in [2.45, 2.75) is 38.6 Å². The minimum atomic E-state index is -0.462. The third-order valence-electron chi connectivity index (χ3n) is 6.09. The number of fused-ring (bicyclic) bond motifs is 1. The van der Waals surface area contributed by atoms with Crippen LogP contribution in [0.25, 0.3) is 11.0 Å². The highest BCUT2D eigenvalue weighted by molar-refractivity contribution is 5.80. The normalized spacial score (nSPS) is 15.7. The van der Waals surface area contributed by atoms with E-state index in [-0.39, 0.29) is 22.6 Å². The van der Waals surface area contributed by atoms with E-state index >= 15 is 0 Å². The smallest absolute Gasteiger partial charge is 0.270 e. The van der Waals surface area contributed by atoms with Gasteiger partial charge in [-0.25, -0.2) is 4.98 Å². The summed E-state index contributed by atoms with van der Waals surface area (Å²) in [6, 6.07) is 4.88. The van der Waals surface area contributed by atoms with Crippen LogP contribution >= 0.6 is 0 Å². The number of nitrogens with one attached hydrogen (secondary N) is 2. The van der Waals surface area contributed by atoms with Crippen molar-refractivity contribution in [1.82, 2.24) is 24.6 Å². The molecule has 8 nitrogen and oxygen atoms in total. The summed E-state index contributed by atoms with van der Waals surface area (Å²) < 4.78 is 1.63. The molecule has 3 heterocycles. The first-order valence-corrected chi connectivity index (χ1v) is 11.0. The van der Waals surface area contributed by atoms with Crippen LogP contribution in [-0.2, 0) is 13.0 Å². The molecule has 0 amide bonds. The number of rotatable bonds is 8. The Morgan fingerprint density at radius 2 is 2.03 bits per heavy atom. The second-order valence-electron chi connectivity index (χ2n) is 8.22. The van der Waals surface area contributed by atoms with E-state index in [1.807, 2.05) is 13.0 Å². The van der Waals surface area contributed by atoms with Crippen LogP contribution in [0.3, 0.4) is 0 Å². The van der Waals surface area contributed by atoms with Gasteiger partial charge in [0.15, 0.2) is 0 Å². The number of likely N-dealkylation sites (tertiary alicyclic amines) is 1. The number of hydrogen-bond donors (Lipinski definition) is 3. The summed E-state index contributed by atoms with van der Waals surface area (Å²) in [4.78, 5) is 35.6. The molecular weight excluding hydrogens is 406 g/mol. The van der Waals surface area contributed by atoms with Crippen LogP contribution < -0.4 is 11.1 Å². The SMILES string of the molecule is C=C/C=C\Cc1c(C(C)c2nc3c(O)cccc3[nH]c2=O)[nH]n(CCN2CCCC2)c1=O.